The number of fused-ring (bicyclic) bond motifs is 3. The first-order valence-corrected chi connectivity index (χ1v) is 7.01. The number of nitrogens with two attached hydrogens (primary N) is 1. The summed E-state index contributed by atoms with van der Waals surface area (Å²) < 4.78 is 0. The number of anilines is 2. The predicted molar refractivity (Wildman–Crippen MR) is 85.8 cm³/mol. The number of carbonyl (C=O) groups excluding carboxylic acids is 3. The van der Waals surface area contributed by atoms with Crippen molar-refractivity contribution in [2.24, 2.45) is 0 Å². The van der Waals surface area contributed by atoms with Crippen molar-refractivity contribution in [3.63, 3.8) is 0 Å². The first-order chi connectivity index (χ1) is 11.4. The van der Waals surface area contributed by atoms with Crippen molar-refractivity contribution in [2.75, 3.05) is 11.1 Å². The third kappa shape index (κ3) is 2.63. The summed E-state index contributed by atoms with van der Waals surface area (Å²) in [6.45, 7) is 0. The summed E-state index contributed by atoms with van der Waals surface area (Å²) in [5, 5.41) is 11.0. The normalized spacial score (nSPS) is 12.3. The van der Waals surface area contributed by atoms with Crippen molar-refractivity contribution in [3.05, 3.63) is 47.5 Å². The Balaban J connectivity index is 2.03. The molecule has 7 nitrogen and oxygen atoms in total. The van der Waals surface area contributed by atoms with Crippen LogP contribution < -0.4 is 11.1 Å². The van der Waals surface area contributed by atoms with Crippen LogP contribution in [0.1, 0.15) is 27.1 Å². The number of amides is 1. The number of nitrogens with one attached hydrogen (secondary N) is 1. The van der Waals surface area contributed by atoms with Crippen molar-refractivity contribution in [1.29, 1.82) is 0 Å². The minimum Gasteiger partial charge on any atom is -0.481 e. The molecule has 2 aromatic rings. The molecule has 0 unspecified atom stereocenters. The fourth-order valence-corrected chi connectivity index (χ4v) is 2.62. The van der Waals surface area contributed by atoms with Crippen LogP contribution in [0.5, 0.6) is 0 Å². The second-order valence-electron chi connectivity index (χ2n) is 5.34. The van der Waals surface area contributed by atoms with Gasteiger partial charge in [-0.05, 0) is 35.4 Å². The van der Waals surface area contributed by atoms with Crippen molar-refractivity contribution in [1.82, 2.24) is 0 Å². The highest BCUT2D eigenvalue weighted by molar-refractivity contribution is 6.53. The molecule has 0 spiro atoms. The maximum atomic E-state index is 12.3. The number of ketones is 2. The Kier molecular flexibility index (Phi) is 3.61. The summed E-state index contributed by atoms with van der Waals surface area (Å²) in [6, 6.07) is 9.27. The number of rotatable bonds is 3. The molecular formula is C17H12N2O5. The van der Waals surface area contributed by atoms with Crippen molar-refractivity contribution >= 4 is 34.8 Å². The van der Waals surface area contributed by atoms with Crippen LogP contribution in [0.25, 0.3) is 11.1 Å². The summed E-state index contributed by atoms with van der Waals surface area (Å²) in [7, 11) is 0. The summed E-state index contributed by atoms with van der Waals surface area (Å²) in [4.78, 5) is 46.6. The van der Waals surface area contributed by atoms with E-state index in [0.29, 0.717) is 16.8 Å². The number of carbonyl (C=O) groups is 4. The van der Waals surface area contributed by atoms with E-state index in [-0.39, 0.29) is 16.8 Å². The minimum absolute atomic E-state index is 0.158. The predicted octanol–water partition coefficient (Wildman–Crippen LogP) is 1.73. The third-order valence-electron chi connectivity index (χ3n) is 3.64. The molecule has 1 aliphatic carbocycles. The molecule has 0 fully saturated rings. The molecular weight excluding hydrogens is 312 g/mol. The fourth-order valence-electron chi connectivity index (χ4n) is 2.62. The van der Waals surface area contributed by atoms with Crippen LogP contribution in [-0.2, 0) is 9.59 Å². The summed E-state index contributed by atoms with van der Waals surface area (Å²) >= 11 is 0. The van der Waals surface area contributed by atoms with E-state index in [1.807, 2.05) is 0 Å². The lowest BCUT2D eigenvalue weighted by atomic mass is 9.83. The number of nitrogen functional groups attached to an aromatic ring is 1. The van der Waals surface area contributed by atoms with Crippen LogP contribution in [0, 0.1) is 0 Å². The van der Waals surface area contributed by atoms with Gasteiger partial charge in [0.2, 0.25) is 17.5 Å². The number of hydrogen-bond donors (Lipinski definition) is 3. The molecule has 7 heteroatoms. The highest BCUT2D eigenvalue weighted by atomic mass is 16.4. The van der Waals surface area contributed by atoms with Gasteiger partial charge in [0.25, 0.3) is 0 Å². The lowest BCUT2D eigenvalue weighted by Crippen LogP contribution is -2.22. The van der Waals surface area contributed by atoms with Crippen LogP contribution >= 0.6 is 0 Å². The van der Waals surface area contributed by atoms with Gasteiger partial charge in [0.15, 0.2) is 0 Å². The molecule has 0 aliphatic heterocycles. The largest absolute Gasteiger partial charge is 0.481 e. The van der Waals surface area contributed by atoms with Crippen LogP contribution in [0.15, 0.2) is 36.4 Å². The van der Waals surface area contributed by atoms with E-state index in [1.54, 1.807) is 24.3 Å². The van der Waals surface area contributed by atoms with Gasteiger partial charge in [-0.2, -0.15) is 0 Å². The van der Waals surface area contributed by atoms with Crippen LogP contribution in [0.2, 0.25) is 0 Å². The molecule has 24 heavy (non-hydrogen) atoms. The highest BCUT2D eigenvalue weighted by Gasteiger charge is 2.30. The van der Waals surface area contributed by atoms with E-state index in [1.165, 1.54) is 12.1 Å². The van der Waals surface area contributed by atoms with E-state index in [4.69, 9.17) is 10.8 Å². The Labute approximate surface area is 136 Å². The molecule has 0 radical (unpaired) electrons. The molecule has 120 valence electrons. The SMILES string of the molecule is Nc1ccc2c(c1)C(=O)C(=O)c1cc(NC(=O)CC(=O)O)ccc1-2. The number of benzene rings is 2. The van der Waals surface area contributed by atoms with Gasteiger partial charge in [-0.25, -0.2) is 0 Å². The topological polar surface area (TPSA) is 127 Å². The number of hydrogen-bond acceptors (Lipinski definition) is 5. The van der Waals surface area contributed by atoms with E-state index in [0.717, 1.165) is 0 Å². The molecule has 2 aromatic carbocycles. The zero-order valence-electron chi connectivity index (χ0n) is 12.3. The molecule has 0 saturated carbocycles. The van der Waals surface area contributed by atoms with E-state index in [9.17, 15) is 19.2 Å². The second kappa shape index (κ2) is 5.62. The van der Waals surface area contributed by atoms with Crippen LogP contribution in [-0.4, -0.2) is 28.5 Å². The van der Waals surface area contributed by atoms with Crippen LogP contribution in [0.4, 0.5) is 11.4 Å². The van der Waals surface area contributed by atoms with Gasteiger partial charge in [-0.3, -0.25) is 19.2 Å². The summed E-state index contributed by atoms with van der Waals surface area (Å²) in [5.41, 5.74) is 7.86. The monoisotopic (exact) mass is 324 g/mol. The average molecular weight is 324 g/mol. The van der Waals surface area contributed by atoms with Crippen molar-refractivity contribution < 1.29 is 24.3 Å². The van der Waals surface area contributed by atoms with Gasteiger partial charge in [0, 0.05) is 22.5 Å². The first kappa shape index (κ1) is 15.4. The molecule has 0 atom stereocenters. The van der Waals surface area contributed by atoms with Gasteiger partial charge in [-0.15, -0.1) is 0 Å². The number of aliphatic carboxylic acids is 1. The molecule has 0 heterocycles. The zero-order chi connectivity index (χ0) is 17.4. The molecule has 1 aliphatic rings. The number of carboxylic acid groups (broad SMARTS) is 1. The first-order valence-electron chi connectivity index (χ1n) is 7.01. The Morgan fingerprint density at radius 1 is 0.917 bits per heavy atom. The Bertz CT molecular complexity index is 917. The average Bonchev–Trinajstić information content (AvgIpc) is 2.52. The van der Waals surface area contributed by atoms with E-state index < -0.39 is 29.9 Å². The van der Waals surface area contributed by atoms with Crippen molar-refractivity contribution in [3.8, 4) is 11.1 Å². The van der Waals surface area contributed by atoms with Crippen LogP contribution in [0.3, 0.4) is 0 Å². The Morgan fingerprint density at radius 3 is 2.12 bits per heavy atom. The van der Waals surface area contributed by atoms with E-state index in [2.05, 4.69) is 5.32 Å². The zero-order valence-corrected chi connectivity index (χ0v) is 12.3. The Hall–Kier alpha value is -3.48. The van der Waals surface area contributed by atoms with Gasteiger partial charge in [0.1, 0.15) is 6.42 Å². The molecule has 3 rings (SSSR count). The molecule has 0 bridgehead atoms. The Morgan fingerprint density at radius 2 is 1.50 bits per heavy atom. The van der Waals surface area contributed by atoms with E-state index >= 15 is 0 Å². The smallest absolute Gasteiger partial charge is 0.312 e. The van der Waals surface area contributed by atoms with Crippen molar-refractivity contribution in [2.45, 2.75) is 6.42 Å². The second-order valence-corrected chi connectivity index (χ2v) is 5.34. The standard InChI is InChI=1S/C17H12N2O5/c18-8-1-3-10-11-4-2-9(19-14(20)7-15(21)22)6-13(11)17(24)16(23)12(10)5-8/h1-6H,7,18H2,(H,19,20)(H,21,22). The number of Topliss-reactive ketones (excluding diaryl/α,β-unsaturated/α-hetero) is 2. The molecule has 0 saturated heterocycles. The molecule has 0 aromatic heterocycles. The van der Waals surface area contributed by atoms with Gasteiger partial charge in [0.05, 0.1) is 0 Å². The highest BCUT2D eigenvalue weighted by Crippen LogP contribution is 2.35. The third-order valence-corrected chi connectivity index (χ3v) is 3.64. The maximum Gasteiger partial charge on any atom is 0.312 e. The quantitative estimate of drug-likeness (QED) is 0.448. The minimum atomic E-state index is -1.26. The maximum absolute atomic E-state index is 12.3. The number of carboxylic acids is 1. The lowest BCUT2D eigenvalue weighted by Gasteiger charge is -2.19. The van der Waals surface area contributed by atoms with Gasteiger partial charge in [-0.1, -0.05) is 12.1 Å². The fraction of sp³-hybridized carbons (Fsp3) is 0.0588. The van der Waals surface area contributed by atoms with Gasteiger partial charge < -0.3 is 16.2 Å². The summed E-state index contributed by atoms with van der Waals surface area (Å²) in [6.07, 6.45) is -0.688. The lowest BCUT2D eigenvalue weighted by molar-refractivity contribution is -0.139. The summed E-state index contributed by atoms with van der Waals surface area (Å²) in [5.74, 6) is -3.34. The van der Waals surface area contributed by atoms with Gasteiger partial charge >= 0.3 is 5.97 Å². The molecule has 4 N–H and O–H groups in total. The molecule has 1 amide bonds.